The number of carbonyl (C=O) groups excluding carboxylic acids is 1. The number of benzene rings is 1. The Hall–Kier alpha value is -1.83. The SMILES string of the molecule is C=CCOC(=O)c1ccccc1CC=C. The van der Waals surface area contributed by atoms with Gasteiger partial charge in [-0.1, -0.05) is 36.9 Å². The molecule has 2 nitrogen and oxygen atoms in total. The summed E-state index contributed by atoms with van der Waals surface area (Å²) in [5.41, 5.74) is 1.53. The van der Waals surface area contributed by atoms with Gasteiger partial charge in [-0.25, -0.2) is 4.79 Å². The zero-order chi connectivity index (χ0) is 11.1. The lowest BCUT2D eigenvalue weighted by Crippen LogP contribution is -2.07. The maximum absolute atomic E-state index is 11.6. The summed E-state index contributed by atoms with van der Waals surface area (Å²) in [4.78, 5) is 11.6. The van der Waals surface area contributed by atoms with Crippen LogP contribution in [-0.4, -0.2) is 12.6 Å². The van der Waals surface area contributed by atoms with Crippen LogP contribution in [0.3, 0.4) is 0 Å². The number of allylic oxidation sites excluding steroid dienone is 1. The standard InChI is InChI=1S/C13H14O2/c1-3-7-11-8-5-6-9-12(11)13(14)15-10-4-2/h3-6,8-9H,1-2,7,10H2. The molecule has 0 aliphatic rings. The van der Waals surface area contributed by atoms with E-state index in [4.69, 9.17) is 4.74 Å². The van der Waals surface area contributed by atoms with Crippen LogP contribution in [0.2, 0.25) is 0 Å². The first-order valence-corrected chi connectivity index (χ1v) is 4.76. The highest BCUT2D eigenvalue weighted by Crippen LogP contribution is 2.11. The fourth-order valence-electron chi connectivity index (χ4n) is 1.27. The minimum absolute atomic E-state index is 0.237. The molecular formula is C13H14O2. The van der Waals surface area contributed by atoms with Gasteiger partial charge in [0, 0.05) is 0 Å². The van der Waals surface area contributed by atoms with Crippen LogP contribution in [0.1, 0.15) is 15.9 Å². The molecule has 0 atom stereocenters. The molecule has 1 aromatic rings. The summed E-state index contributed by atoms with van der Waals surface area (Å²) < 4.78 is 4.97. The smallest absolute Gasteiger partial charge is 0.338 e. The first-order valence-electron chi connectivity index (χ1n) is 4.76. The van der Waals surface area contributed by atoms with Crippen molar-refractivity contribution in [2.45, 2.75) is 6.42 Å². The fourth-order valence-corrected chi connectivity index (χ4v) is 1.27. The number of rotatable bonds is 5. The number of hydrogen-bond donors (Lipinski definition) is 0. The normalized spacial score (nSPS) is 9.33. The van der Waals surface area contributed by atoms with Crippen LogP contribution >= 0.6 is 0 Å². The van der Waals surface area contributed by atoms with Crippen LogP contribution < -0.4 is 0 Å². The van der Waals surface area contributed by atoms with Crippen molar-refractivity contribution >= 4 is 5.97 Å². The molecule has 0 heterocycles. The highest BCUT2D eigenvalue weighted by Gasteiger charge is 2.10. The maximum atomic E-state index is 11.6. The van der Waals surface area contributed by atoms with Gasteiger partial charge in [0.2, 0.25) is 0 Å². The number of hydrogen-bond acceptors (Lipinski definition) is 2. The Bertz CT molecular complexity index is 367. The lowest BCUT2D eigenvalue weighted by Gasteiger charge is -2.06. The molecule has 0 aliphatic heterocycles. The van der Waals surface area contributed by atoms with Gasteiger partial charge in [-0.15, -0.1) is 6.58 Å². The zero-order valence-electron chi connectivity index (χ0n) is 8.61. The molecule has 0 saturated carbocycles. The molecule has 0 bridgehead atoms. The molecule has 0 aliphatic carbocycles. The van der Waals surface area contributed by atoms with Crippen molar-refractivity contribution in [1.29, 1.82) is 0 Å². The van der Waals surface area contributed by atoms with Crippen molar-refractivity contribution in [2.75, 3.05) is 6.61 Å². The van der Waals surface area contributed by atoms with Gasteiger partial charge < -0.3 is 4.74 Å². The summed E-state index contributed by atoms with van der Waals surface area (Å²) in [5.74, 6) is -0.313. The van der Waals surface area contributed by atoms with Gasteiger partial charge in [0.25, 0.3) is 0 Å². The zero-order valence-corrected chi connectivity index (χ0v) is 8.61. The average Bonchev–Trinajstić information content (AvgIpc) is 2.27. The van der Waals surface area contributed by atoms with Crippen LogP contribution in [-0.2, 0) is 11.2 Å². The predicted octanol–water partition coefficient (Wildman–Crippen LogP) is 2.76. The molecule has 2 heteroatoms. The van der Waals surface area contributed by atoms with Crippen LogP contribution in [0.5, 0.6) is 0 Å². The van der Waals surface area contributed by atoms with Gasteiger partial charge in [-0.3, -0.25) is 0 Å². The monoisotopic (exact) mass is 202 g/mol. The Morgan fingerprint density at radius 2 is 2.00 bits per heavy atom. The van der Waals surface area contributed by atoms with E-state index in [-0.39, 0.29) is 12.6 Å². The lowest BCUT2D eigenvalue weighted by atomic mass is 10.1. The van der Waals surface area contributed by atoms with Crippen molar-refractivity contribution < 1.29 is 9.53 Å². The van der Waals surface area contributed by atoms with Crippen molar-refractivity contribution in [3.8, 4) is 0 Å². The third-order valence-electron chi connectivity index (χ3n) is 1.93. The van der Waals surface area contributed by atoms with Crippen molar-refractivity contribution in [1.82, 2.24) is 0 Å². The van der Waals surface area contributed by atoms with Crippen LogP contribution in [0.25, 0.3) is 0 Å². The van der Waals surface area contributed by atoms with E-state index in [1.165, 1.54) is 0 Å². The second-order valence-corrected chi connectivity index (χ2v) is 3.04. The molecule has 78 valence electrons. The van der Waals surface area contributed by atoms with Crippen LogP contribution in [0, 0.1) is 0 Å². The van der Waals surface area contributed by atoms with E-state index in [2.05, 4.69) is 13.2 Å². The van der Waals surface area contributed by atoms with Gasteiger partial charge in [-0.05, 0) is 18.1 Å². The Morgan fingerprint density at radius 3 is 2.67 bits per heavy atom. The van der Waals surface area contributed by atoms with Gasteiger partial charge in [0.15, 0.2) is 0 Å². The van der Waals surface area contributed by atoms with Crippen molar-refractivity contribution in [3.05, 3.63) is 60.7 Å². The molecule has 0 spiro atoms. The molecule has 0 amide bonds. The fraction of sp³-hybridized carbons (Fsp3) is 0.154. The van der Waals surface area contributed by atoms with Crippen molar-refractivity contribution in [2.24, 2.45) is 0 Å². The van der Waals surface area contributed by atoms with E-state index < -0.39 is 0 Å². The van der Waals surface area contributed by atoms with Crippen LogP contribution in [0.15, 0.2) is 49.6 Å². The predicted molar refractivity (Wildman–Crippen MR) is 60.8 cm³/mol. The van der Waals surface area contributed by atoms with Gasteiger partial charge >= 0.3 is 5.97 Å². The average molecular weight is 202 g/mol. The van der Waals surface area contributed by atoms with Gasteiger partial charge in [-0.2, -0.15) is 0 Å². The topological polar surface area (TPSA) is 26.3 Å². The third kappa shape index (κ3) is 3.09. The second kappa shape index (κ2) is 5.81. The van der Waals surface area contributed by atoms with Crippen molar-refractivity contribution in [3.63, 3.8) is 0 Å². The lowest BCUT2D eigenvalue weighted by molar-refractivity contribution is 0.0548. The summed E-state index contributed by atoms with van der Waals surface area (Å²) in [6.45, 7) is 7.38. The van der Waals surface area contributed by atoms with Crippen LogP contribution in [0.4, 0.5) is 0 Å². The first-order chi connectivity index (χ1) is 7.29. The molecule has 15 heavy (non-hydrogen) atoms. The van der Waals surface area contributed by atoms with Gasteiger partial charge in [0.1, 0.15) is 6.61 Å². The van der Waals surface area contributed by atoms with E-state index in [1.807, 2.05) is 18.2 Å². The van der Waals surface area contributed by atoms with E-state index in [1.54, 1.807) is 18.2 Å². The Labute approximate surface area is 89.9 Å². The van der Waals surface area contributed by atoms with E-state index in [9.17, 15) is 4.79 Å². The Morgan fingerprint density at radius 1 is 1.27 bits per heavy atom. The number of carbonyl (C=O) groups is 1. The largest absolute Gasteiger partial charge is 0.458 e. The quantitative estimate of drug-likeness (QED) is 0.542. The molecule has 0 saturated heterocycles. The third-order valence-corrected chi connectivity index (χ3v) is 1.93. The summed E-state index contributed by atoms with van der Waals surface area (Å²) in [7, 11) is 0. The minimum Gasteiger partial charge on any atom is -0.458 e. The highest BCUT2D eigenvalue weighted by molar-refractivity contribution is 5.91. The first kappa shape index (κ1) is 11.2. The van der Waals surface area contributed by atoms with Gasteiger partial charge in [0.05, 0.1) is 5.56 Å². The summed E-state index contributed by atoms with van der Waals surface area (Å²) in [6, 6.07) is 7.36. The maximum Gasteiger partial charge on any atom is 0.338 e. The summed E-state index contributed by atoms with van der Waals surface area (Å²) >= 11 is 0. The molecule has 0 unspecified atom stereocenters. The minimum atomic E-state index is -0.313. The van der Waals surface area contributed by atoms with E-state index in [0.29, 0.717) is 12.0 Å². The van der Waals surface area contributed by atoms with E-state index >= 15 is 0 Å². The molecule has 1 aromatic carbocycles. The number of ether oxygens (including phenoxy) is 1. The molecule has 0 fully saturated rings. The molecule has 0 N–H and O–H groups in total. The Balaban J connectivity index is 2.86. The second-order valence-electron chi connectivity index (χ2n) is 3.04. The molecule has 0 radical (unpaired) electrons. The number of esters is 1. The van der Waals surface area contributed by atoms with E-state index in [0.717, 1.165) is 5.56 Å². The molecular weight excluding hydrogens is 188 g/mol. The highest BCUT2D eigenvalue weighted by atomic mass is 16.5. The Kier molecular flexibility index (Phi) is 4.35. The molecule has 1 rings (SSSR count). The summed E-state index contributed by atoms with van der Waals surface area (Å²) in [6.07, 6.45) is 3.98. The summed E-state index contributed by atoms with van der Waals surface area (Å²) in [5, 5.41) is 0. The molecule has 0 aromatic heterocycles.